The fourth-order valence-electron chi connectivity index (χ4n) is 3.34. The summed E-state index contributed by atoms with van der Waals surface area (Å²) < 4.78 is 39.5. The summed E-state index contributed by atoms with van der Waals surface area (Å²) >= 11 is 5.84. The van der Waals surface area contributed by atoms with Crippen LogP contribution in [-0.2, 0) is 26.2 Å². The van der Waals surface area contributed by atoms with E-state index in [1.807, 2.05) is 38.1 Å². The molecule has 1 N–H and O–H groups in total. The number of nitrogens with one attached hydrogen (secondary N) is 1. The highest BCUT2D eigenvalue weighted by Gasteiger charge is 2.30. The Balaban J connectivity index is 2.38. The van der Waals surface area contributed by atoms with Crippen LogP contribution in [0.4, 0.5) is 10.1 Å². The molecule has 0 aromatic heterocycles. The standard InChI is InChI=1S/C24H31ClFN3O4S/c1-5-6-13-27-24(31)18(3)28(15-19-10-8-7-9-17(19)2)23(30)16-29(34(4,32)33)20-11-12-22(26)21(25)14-20/h7-12,14,18H,5-6,13,15-16H2,1-4H3,(H,27,31)/t18-/m1/s1. The molecule has 0 heterocycles. The maximum absolute atomic E-state index is 13.6. The maximum Gasteiger partial charge on any atom is 0.244 e. The Labute approximate surface area is 205 Å². The normalized spacial score (nSPS) is 12.2. The first-order chi connectivity index (χ1) is 16.0. The molecular weight excluding hydrogens is 481 g/mol. The number of amides is 2. The van der Waals surface area contributed by atoms with Crippen LogP contribution in [0.15, 0.2) is 42.5 Å². The molecule has 10 heteroatoms. The summed E-state index contributed by atoms with van der Waals surface area (Å²) in [6.07, 6.45) is 2.66. The molecule has 0 aliphatic rings. The van der Waals surface area contributed by atoms with E-state index < -0.39 is 34.3 Å². The highest BCUT2D eigenvalue weighted by Crippen LogP contribution is 2.25. The molecule has 0 aliphatic carbocycles. The van der Waals surface area contributed by atoms with E-state index in [1.165, 1.54) is 11.0 Å². The van der Waals surface area contributed by atoms with Gasteiger partial charge in [-0.15, -0.1) is 0 Å². The van der Waals surface area contributed by atoms with Crippen LogP contribution >= 0.6 is 11.6 Å². The van der Waals surface area contributed by atoms with Crippen molar-refractivity contribution in [2.45, 2.75) is 46.2 Å². The van der Waals surface area contributed by atoms with Crippen molar-refractivity contribution >= 4 is 39.1 Å². The summed E-state index contributed by atoms with van der Waals surface area (Å²) in [7, 11) is -3.92. The lowest BCUT2D eigenvalue weighted by molar-refractivity contribution is -0.139. The van der Waals surface area contributed by atoms with Crippen LogP contribution in [0, 0.1) is 12.7 Å². The van der Waals surface area contributed by atoms with Gasteiger partial charge in [-0.1, -0.05) is 49.2 Å². The minimum absolute atomic E-state index is 0.0538. The van der Waals surface area contributed by atoms with Crippen LogP contribution in [-0.4, -0.2) is 50.5 Å². The quantitative estimate of drug-likeness (QED) is 0.464. The lowest BCUT2D eigenvalue weighted by Crippen LogP contribution is -2.51. The Bertz CT molecular complexity index is 1130. The smallest absolute Gasteiger partial charge is 0.244 e. The number of rotatable bonds is 11. The van der Waals surface area contributed by atoms with Crippen LogP contribution in [0.5, 0.6) is 0 Å². The van der Waals surface area contributed by atoms with E-state index in [0.29, 0.717) is 6.54 Å². The third-order valence-corrected chi connectivity index (χ3v) is 6.90. The van der Waals surface area contributed by atoms with Gasteiger partial charge in [-0.05, 0) is 49.6 Å². The molecule has 0 saturated carbocycles. The van der Waals surface area contributed by atoms with Gasteiger partial charge in [-0.2, -0.15) is 0 Å². The zero-order valence-electron chi connectivity index (χ0n) is 19.8. The van der Waals surface area contributed by atoms with Gasteiger partial charge in [0.1, 0.15) is 18.4 Å². The van der Waals surface area contributed by atoms with E-state index in [0.717, 1.165) is 46.7 Å². The molecule has 186 valence electrons. The Morgan fingerprint density at radius 2 is 1.85 bits per heavy atom. The Morgan fingerprint density at radius 1 is 1.18 bits per heavy atom. The van der Waals surface area contributed by atoms with Gasteiger partial charge in [0.05, 0.1) is 17.0 Å². The van der Waals surface area contributed by atoms with Crippen LogP contribution < -0.4 is 9.62 Å². The third-order valence-electron chi connectivity index (χ3n) is 5.47. The minimum Gasteiger partial charge on any atom is -0.354 e. The number of hydrogen-bond acceptors (Lipinski definition) is 4. The van der Waals surface area contributed by atoms with Gasteiger partial charge in [-0.25, -0.2) is 12.8 Å². The van der Waals surface area contributed by atoms with E-state index in [2.05, 4.69) is 5.32 Å². The summed E-state index contributed by atoms with van der Waals surface area (Å²) in [6, 6.07) is 10.0. The first-order valence-corrected chi connectivity index (χ1v) is 13.2. The second-order valence-corrected chi connectivity index (χ2v) is 10.5. The molecule has 0 fully saturated rings. The topological polar surface area (TPSA) is 86.8 Å². The minimum atomic E-state index is -3.92. The lowest BCUT2D eigenvalue weighted by atomic mass is 10.1. The van der Waals surface area contributed by atoms with Crippen LogP contribution in [0.25, 0.3) is 0 Å². The number of unbranched alkanes of at least 4 members (excludes halogenated alkanes) is 1. The first kappa shape index (κ1) is 27.6. The van der Waals surface area contributed by atoms with Gasteiger partial charge in [-0.3, -0.25) is 13.9 Å². The molecule has 0 bridgehead atoms. The predicted molar refractivity (Wildman–Crippen MR) is 133 cm³/mol. The van der Waals surface area contributed by atoms with E-state index >= 15 is 0 Å². The molecule has 2 rings (SSSR count). The number of carbonyl (C=O) groups is 2. The average Bonchev–Trinajstić information content (AvgIpc) is 2.77. The highest BCUT2D eigenvalue weighted by molar-refractivity contribution is 7.92. The molecule has 0 aliphatic heterocycles. The molecule has 1 atom stereocenters. The SMILES string of the molecule is CCCCNC(=O)[C@@H](C)N(Cc1ccccc1C)C(=O)CN(c1ccc(F)c(Cl)c1)S(C)(=O)=O. The van der Waals surface area contributed by atoms with Crippen molar-refractivity contribution in [1.82, 2.24) is 10.2 Å². The van der Waals surface area contributed by atoms with Gasteiger partial charge < -0.3 is 10.2 Å². The fraction of sp³-hybridized carbons (Fsp3) is 0.417. The lowest BCUT2D eigenvalue weighted by Gasteiger charge is -2.32. The van der Waals surface area contributed by atoms with Crippen molar-refractivity contribution in [3.63, 3.8) is 0 Å². The molecule has 7 nitrogen and oxygen atoms in total. The molecule has 0 unspecified atom stereocenters. The Morgan fingerprint density at radius 3 is 2.44 bits per heavy atom. The summed E-state index contributed by atoms with van der Waals surface area (Å²) in [5.74, 6) is -1.61. The number of hydrogen-bond donors (Lipinski definition) is 1. The summed E-state index contributed by atoms with van der Waals surface area (Å²) in [4.78, 5) is 27.6. The molecule has 0 radical (unpaired) electrons. The number of aryl methyl sites for hydroxylation is 1. The monoisotopic (exact) mass is 511 g/mol. The van der Waals surface area contributed by atoms with Crippen molar-refractivity contribution in [2.24, 2.45) is 0 Å². The number of benzene rings is 2. The molecule has 0 spiro atoms. The number of anilines is 1. The first-order valence-electron chi connectivity index (χ1n) is 11.0. The number of halogens is 2. The van der Waals surface area contributed by atoms with Crippen LogP contribution in [0.2, 0.25) is 5.02 Å². The van der Waals surface area contributed by atoms with E-state index in [-0.39, 0.29) is 23.2 Å². The molecule has 34 heavy (non-hydrogen) atoms. The number of nitrogens with zero attached hydrogens (tertiary/aromatic N) is 2. The second-order valence-electron chi connectivity index (χ2n) is 8.14. The van der Waals surface area contributed by atoms with Gasteiger partial charge >= 0.3 is 0 Å². The van der Waals surface area contributed by atoms with Crippen molar-refractivity contribution in [3.05, 3.63) is 64.4 Å². The van der Waals surface area contributed by atoms with Crippen molar-refractivity contribution in [2.75, 3.05) is 23.7 Å². The molecule has 2 amide bonds. The van der Waals surface area contributed by atoms with Gasteiger partial charge in [0.2, 0.25) is 21.8 Å². The maximum atomic E-state index is 13.6. The van der Waals surface area contributed by atoms with Crippen LogP contribution in [0.1, 0.15) is 37.8 Å². The molecule has 0 saturated heterocycles. The van der Waals surface area contributed by atoms with Crippen molar-refractivity contribution < 1.29 is 22.4 Å². The zero-order chi connectivity index (χ0) is 25.5. The Hall–Kier alpha value is -2.65. The molecule has 2 aromatic carbocycles. The summed E-state index contributed by atoms with van der Waals surface area (Å²) in [5, 5.41) is 2.56. The van der Waals surface area contributed by atoms with E-state index in [9.17, 15) is 22.4 Å². The number of carbonyl (C=O) groups excluding carboxylic acids is 2. The fourth-order valence-corrected chi connectivity index (χ4v) is 4.36. The third kappa shape index (κ3) is 7.43. The zero-order valence-corrected chi connectivity index (χ0v) is 21.4. The van der Waals surface area contributed by atoms with Gasteiger partial charge in [0.25, 0.3) is 0 Å². The molecular formula is C24H31ClFN3O4S. The van der Waals surface area contributed by atoms with E-state index in [4.69, 9.17) is 11.6 Å². The van der Waals surface area contributed by atoms with Gasteiger partial charge in [0.15, 0.2) is 0 Å². The number of sulfonamides is 1. The van der Waals surface area contributed by atoms with Crippen molar-refractivity contribution in [3.8, 4) is 0 Å². The predicted octanol–water partition coefficient (Wildman–Crippen LogP) is 3.89. The molecule has 2 aromatic rings. The highest BCUT2D eigenvalue weighted by atomic mass is 35.5. The van der Waals surface area contributed by atoms with E-state index in [1.54, 1.807) is 6.92 Å². The largest absolute Gasteiger partial charge is 0.354 e. The van der Waals surface area contributed by atoms with Gasteiger partial charge in [0, 0.05) is 13.1 Å². The Kier molecular flexibility index (Phi) is 9.88. The van der Waals surface area contributed by atoms with Crippen molar-refractivity contribution in [1.29, 1.82) is 0 Å². The summed E-state index contributed by atoms with van der Waals surface area (Å²) in [6.45, 7) is 5.54. The summed E-state index contributed by atoms with van der Waals surface area (Å²) in [5.41, 5.74) is 1.82. The average molecular weight is 512 g/mol. The van der Waals surface area contributed by atoms with Crippen LogP contribution in [0.3, 0.4) is 0 Å². The second kappa shape index (κ2) is 12.2.